The van der Waals surface area contributed by atoms with Crippen LogP contribution in [0.4, 0.5) is 4.39 Å². The van der Waals surface area contributed by atoms with Crippen molar-refractivity contribution >= 4 is 17.2 Å². The summed E-state index contributed by atoms with van der Waals surface area (Å²) in [4.78, 5) is 13.3. The highest BCUT2D eigenvalue weighted by molar-refractivity contribution is 7.10. The van der Waals surface area contributed by atoms with E-state index < -0.39 is 0 Å². The Morgan fingerprint density at radius 1 is 1.24 bits per heavy atom. The maximum Gasteiger partial charge on any atom is 0.225 e. The number of nitrogens with two attached hydrogens (primary N) is 1. The number of halogens is 1. The van der Waals surface area contributed by atoms with Crippen molar-refractivity contribution < 1.29 is 9.18 Å². The lowest BCUT2D eigenvalue weighted by Gasteiger charge is -2.22. The quantitative estimate of drug-likeness (QED) is 0.892. The maximum absolute atomic E-state index is 13.1. The molecule has 1 aromatic carbocycles. The van der Waals surface area contributed by atoms with E-state index in [1.165, 1.54) is 12.1 Å². The second-order valence-corrected chi connectivity index (χ2v) is 6.14. The molecule has 0 fully saturated rings. The zero-order valence-electron chi connectivity index (χ0n) is 12.0. The van der Waals surface area contributed by atoms with Crippen LogP contribution in [0.3, 0.4) is 0 Å². The van der Waals surface area contributed by atoms with Gasteiger partial charge in [-0.3, -0.25) is 4.79 Å². The van der Waals surface area contributed by atoms with Crippen molar-refractivity contribution in [3.05, 3.63) is 58.0 Å². The van der Waals surface area contributed by atoms with Gasteiger partial charge in [-0.05, 0) is 36.1 Å². The van der Waals surface area contributed by atoms with Gasteiger partial charge in [0.25, 0.3) is 0 Å². The van der Waals surface area contributed by atoms with Crippen LogP contribution in [0.5, 0.6) is 0 Å². The minimum absolute atomic E-state index is 0.104. The highest BCUT2D eigenvalue weighted by atomic mass is 32.1. The van der Waals surface area contributed by atoms with E-state index in [-0.39, 0.29) is 29.7 Å². The Morgan fingerprint density at radius 2 is 1.90 bits per heavy atom. The van der Waals surface area contributed by atoms with Gasteiger partial charge in [-0.2, -0.15) is 0 Å². The van der Waals surface area contributed by atoms with Gasteiger partial charge in [0.15, 0.2) is 0 Å². The van der Waals surface area contributed by atoms with Crippen molar-refractivity contribution in [3.63, 3.8) is 0 Å². The lowest BCUT2D eigenvalue weighted by Crippen LogP contribution is -2.40. The van der Waals surface area contributed by atoms with Crippen LogP contribution >= 0.6 is 11.3 Å². The highest BCUT2D eigenvalue weighted by Crippen LogP contribution is 2.26. The molecular weight excluding hydrogens is 287 g/mol. The van der Waals surface area contributed by atoms with Gasteiger partial charge in [0.2, 0.25) is 5.91 Å². The molecule has 1 amide bonds. The Balaban J connectivity index is 2.25. The molecular formula is C16H19FN2OS. The first kappa shape index (κ1) is 15.7. The van der Waals surface area contributed by atoms with Gasteiger partial charge in [-0.15, -0.1) is 11.3 Å². The summed E-state index contributed by atoms with van der Waals surface area (Å²) in [5.74, 6) is -0.681. The molecule has 3 atom stereocenters. The van der Waals surface area contributed by atoms with Crippen LogP contribution in [0.1, 0.15) is 30.3 Å². The van der Waals surface area contributed by atoms with Crippen molar-refractivity contribution in [2.45, 2.75) is 25.9 Å². The van der Waals surface area contributed by atoms with Crippen LogP contribution in [0.15, 0.2) is 41.8 Å². The highest BCUT2D eigenvalue weighted by Gasteiger charge is 2.23. The molecule has 3 N–H and O–H groups in total. The fourth-order valence-corrected chi connectivity index (χ4v) is 2.74. The van der Waals surface area contributed by atoms with Gasteiger partial charge in [0.1, 0.15) is 5.82 Å². The van der Waals surface area contributed by atoms with Crippen molar-refractivity contribution in [1.29, 1.82) is 0 Å². The summed E-state index contributed by atoms with van der Waals surface area (Å²) in [7, 11) is 0. The molecule has 0 saturated heterocycles. The van der Waals surface area contributed by atoms with E-state index >= 15 is 0 Å². The normalized spacial score (nSPS) is 15.2. The Kier molecular flexibility index (Phi) is 5.09. The molecule has 0 bridgehead atoms. The molecule has 0 aliphatic heterocycles. The molecule has 0 radical (unpaired) electrons. The Morgan fingerprint density at radius 3 is 2.43 bits per heavy atom. The average Bonchev–Trinajstić information content (AvgIpc) is 2.98. The van der Waals surface area contributed by atoms with E-state index in [1.54, 1.807) is 30.4 Å². The van der Waals surface area contributed by atoms with Crippen LogP contribution in [0, 0.1) is 11.7 Å². The maximum atomic E-state index is 13.1. The molecule has 3 nitrogen and oxygen atoms in total. The third kappa shape index (κ3) is 3.89. The van der Waals surface area contributed by atoms with Crippen molar-refractivity contribution in [3.8, 4) is 0 Å². The average molecular weight is 306 g/mol. The molecule has 112 valence electrons. The largest absolute Gasteiger partial charge is 0.344 e. The molecule has 1 aromatic heterocycles. The van der Waals surface area contributed by atoms with Crippen LogP contribution in [-0.2, 0) is 4.79 Å². The molecule has 2 rings (SSSR count). The fraction of sp³-hybridized carbons (Fsp3) is 0.312. The number of amides is 1. The van der Waals surface area contributed by atoms with Crippen LogP contribution < -0.4 is 11.1 Å². The number of carbonyl (C=O) groups excluding carboxylic acids is 1. The number of benzene rings is 1. The summed E-state index contributed by atoms with van der Waals surface area (Å²) in [6, 6.07) is 9.57. The van der Waals surface area contributed by atoms with Gasteiger partial charge >= 0.3 is 0 Å². The third-order valence-electron chi connectivity index (χ3n) is 3.52. The summed E-state index contributed by atoms with van der Waals surface area (Å²) >= 11 is 1.55. The van der Waals surface area contributed by atoms with Gasteiger partial charge < -0.3 is 11.1 Å². The standard InChI is InChI=1S/C16H19FN2OS/c1-10(11(2)18)16(20)19-15(14-4-3-9-21-14)12-5-7-13(17)8-6-12/h3-11,15H,18H2,1-2H3,(H,19,20). The smallest absolute Gasteiger partial charge is 0.225 e. The minimum Gasteiger partial charge on any atom is -0.344 e. The van der Waals surface area contributed by atoms with Crippen LogP contribution in [-0.4, -0.2) is 11.9 Å². The second-order valence-electron chi connectivity index (χ2n) is 5.16. The zero-order chi connectivity index (χ0) is 15.4. The second kappa shape index (κ2) is 6.83. The molecule has 0 spiro atoms. The van der Waals surface area contributed by atoms with Crippen LogP contribution in [0.25, 0.3) is 0 Å². The molecule has 3 unspecified atom stereocenters. The Bertz CT molecular complexity index is 581. The van der Waals surface area contributed by atoms with Crippen molar-refractivity contribution in [2.75, 3.05) is 0 Å². The number of hydrogen-bond donors (Lipinski definition) is 2. The number of hydrogen-bond acceptors (Lipinski definition) is 3. The zero-order valence-corrected chi connectivity index (χ0v) is 12.9. The van der Waals surface area contributed by atoms with E-state index in [4.69, 9.17) is 5.73 Å². The summed E-state index contributed by atoms with van der Waals surface area (Å²) in [6.07, 6.45) is 0. The monoisotopic (exact) mass is 306 g/mol. The number of carbonyl (C=O) groups is 1. The Hall–Kier alpha value is -1.72. The fourth-order valence-electron chi connectivity index (χ4n) is 1.94. The topological polar surface area (TPSA) is 55.1 Å². The van der Waals surface area contributed by atoms with Gasteiger partial charge in [-0.25, -0.2) is 4.39 Å². The van der Waals surface area contributed by atoms with Crippen molar-refractivity contribution in [2.24, 2.45) is 11.7 Å². The SMILES string of the molecule is CC(N)C(C)C(=O)NC(c1ccc(F)cc1)c1cccs1. The summed E-state index contributed by atoms with van der Waals surface area (Å²) < 4.78 is 13.1. The molecule has 21 heavy (non-hydrogen) atoms. The predicted molar refractivity (Wildman–Crippen MR) is 83.5 cm³/mol. The van der Waals surface area contributed by atoms with E-state index in [1.807, 2.05) is 24.4 Å². The number of nitrogens with one attached hydrogen (secondary N) is 1. The van der Waals surface area contributed by atoms with Gasteiger partial charge in [-0.1, -0.05) is 25.1 Å². The number of thiophene rings is 1. The summed E-state index contributed by atoms with van der Waals surface area (Å²) in [5, 5.41) is 4.96. The Labute approximate surface area is 128 Å². The lowest BCUT2D eigenvalue weighted by atomic mass is 10.0. The van der Waals surface area contributed by atoms with Gasteiger partial charge in [0.05, 0.1) is 6.04 Å². The molecule has 1 heterocycles. The van der Waals surface area contributed by atoms with Gasteiger partial charge in [0, 0.05) is 16.8 Å². The van der Waals surface area contributed by atoms with E-state index in [0.717, 1.165) is 10.4 Å². The van der Waals surface area contributed by atoms with Crippen molar-refractivity contribution in [1.82, 2.24) is 5.32 Å². The summed E-state index contributed by atoms with van der Waals surface area (Å²) in [5.41, 5.74) is 6.63. The lowest BCUT2D eigenvalue weighted by molar-refractivity contribution is -0.125. The molecule has 0 aliphatic rings. The van der Waals surface area contributed by atoms with Crippen LogP contribution in [0.2, 0.25) is 0 Å². The molecule has 0 aliphatic carbocycles. The third-order valence-corrected chi connectivity index (χ3v) is 4.46. The summed E-state index contributed by atoms with van der Waals surface area (Å²) in [6.45, 7) is 3.61. The first-order valence-electron chi connectivity index (χ1n) is 6.84. The predicted octanol–water partition coefficient (Wildman–Crippen LogP) is 3.08. The van der Waals surface area contributed by atoms with E-state index in [9.17, 15) is 9.18 Å². The van der Waals surface area contributed by atoms with E-state index in [0.29, 0.717) is 0 Å². The first-order chi connectivity index (χ1) is 9.99. The molecule has 5 heteroatoms. The minimum atomic E-state index is -0.293. The number of rotatable bonds is 5. The molecule has 0 saturated carbocycles. The first-order valence-corrected chi connectivity index (χ1v) is 7.72. The van der Waals surface area contributed by atoms with E-state index in [2.05, 4.69) is 5.32 Å². The molecule has 2 aromatic rings.